The van der Waals surface area contributed by atoms with Crippen LogP contribution in [0.15, 0.2) is 36.4 Å². The van der Waals surface area contributed by atoms with Gasteiger partial charge in [0.15, 0.2) is 11.6 Å². The Bertz CT molecular complexity index is 899. The second-order valence-electron chi connectivity index (χ2n) is 7.24. The molecule has 0 spiro atoms. The molecule has 0 saturated heterocycles. The number of phenols is 1. The van der Waals surface area contributed by atoms with E-state index in [-0.39, 0.29) is 30.3 Å². The number of Topliss-reactive ketones (excluding diaryl/α,β-unsaturated/α-hetero) is 2. The topological polar surface area (TPSA) is 101 Å². The van der Waals surface area contributed by atoms with Gasteiger partial charge in [-0.1, -0.05) is 19.4 Å². The average molecular weight is 412 g/mol. The van der Waals surface area contributed by atoms with Crippen LogP contribution in [0.4, 0.5) is 0 Å². The Hall–Kier alpha value is -3.15. The second-order valence-corrected chi connectivity index (χ2v) is 7.24. The SMILES string of the molecule is CCCc1c(COc2ccc(C(=O)CCCCC(=O)O)cc2)ccc(C(C)=O)c1O. The van der Waals surface area contributed by atoms with Gasteiger partial charge in [-0.2, -0.15) is 0 Å². The van der Waals surface area contributed by atoms with Crippen molar-refractivity contribution >= 4 is 17.5 Å². The molecule has 6 nitrogen and oxygen atoms in total. The molecule has 2 rings (SSSR count). The molecule has 0 aliphatic rings. The van der Waals surface area contributed by atoms with Crippen LogP contribution in [0.1, 0.15) is 77.8 Å². The normalized spacial score (nSPS) is 10.6. The lowest BCUT2D eigenvalue weighted by molar-refractivity contribution is -0.137. The average Bonchev–Trinajstić information content (AvgIpc) is 2.71. The highest BCUT2D eigenvalue weighted by Crippen LogP contribution is 2.29. The van der Waals surface area contributed by atoms with E-state index in [9.17, 15) is 19.5 Å². The van der Waals surface area contributed by atoms with E-state index in [0.717, 1.165) is 17.5 Å². The van der Waals surface area contributed by atoms with Crippen molar-refractivity contribution in [2.45, 2.75) is 59.0 Å². The zero-order valence-corrected chi connectivity index (χ0v) is 17.4. The second kappa shape index (κ2) is 11.1. The van der Waals surface area contributed by atoms with Gasteiger partial charge in [-0.05, 0) is 62.1 Å². The van der Waals surface area contributed by atoms with E-state index in [2.05, 4.69) is 0 Å². The molecule has 0 aliphatic heterocycles. The number of ketones is 2. The van der Waals surface area contributed by atoms with Gasteiger partial charge >= 0.3 is 5.97 Å². The van der Waals surface area contributed by atoms with Crippen LogP contribution in [-0.4, -0.2) is 27.7 Å². The highest BCUT2D eigenvalue weighted by Gasteiger charge is 2.15. The maximum absolute atomic E-state index is 12.2. The molecular weight excluding hydrogens is 384 g/mol. The first-order chi connectivity index (χ1) is 14.3. The van der Waals surface area contributed by atoms with Crippen LogP contribution in [0.2, 0.25) is 0 Å². The Balaban J connectivity index is 1.99. The molecule has 0 aromatic heterocycles. The number of rotatable bonds is 12. The number of aliphatic carboxylic acids is 1. The number of benzene rings is 2. The summed E-state index contributed by atoms with van der Waals surface area (Å²) in [5.74, 6) is -0.443. The Kier molecular flexibility index (Phi) is 8.59. The number of unbranched alkanes of at least 4 members (excludes halogenated alkanes) is 1. The van der Waals surface area contributed by atoms with Crippen molar-refractivity contribution in [3.05, 3.63) is 58.7 Å². The third kappa shape index (κ3) is 6.44. The zero-order valence-electron chi connectivity index (χ0n) is 17.4. The van der Waals surface area contributed by atoms with E-state index < -0.39 is 5.97 Å². The number of ether oxygens (including phenoxy) is 1. The molecule has 30 heavy (non-hydrogen) atoms. The molecule has 6 heteroatoms. The van der Waals surface area contributed by atoms with Crippen molar-refractivity contribution in [3.8, 4) is 11.5 Å². The molecule has 0 heterocycles. The maximum atomic E-state index is 12.2. The molecule has 0 amide bonds. The number of aromatic hydroxyl groups is 1. The first-order valence-electron chi connectivity index (χ1n) is 10.2. The summed E-state index contributed by atoms with van der Waals surface area (Å²) < 4.78 is 5.82. The molecule has 160 valence electrons. The van der Waals surface area contributed by atoms with Gasteiger partial charge in [0.25, 0.3) is 0 Å². The third-order valence-corrected chi connectivity index (χ3v) is 4.87. The van der Waals surface area contributed by atoms with Crippen molar-refractivity contribution in [3.63, 3.8) is 0 Å². The number of carbonyl (C=O) groups excluding carboxylic acids is 2. The number of hydrogen-bond donors (Lipinski definition) is 2. The number of phenolic OH excluding ortho intramolecular Hbond substituents is 1. The highest BCUT2D eigenvalue weighted by atomic mass is 16.5. The molecule has 0 unspecified atom stereocenters. The largest absolute Gasteiger partial charge is 0.507 e. The van der Waals surface area contributed by atoms with Crippen molar-refractivity contribution in [2.75, 3.05) is 0 Å². The fourth-order valence-corrected chi connectivity index (χ4v) is 3.23. The van der Waals surface area contributed by atoms with Crippen LogP contribution in [0.3, 0.4) is 0 Å². The Morgan fingerprint density at radius 1 is 0.967 bits per heavy atom. The monoisotopic (exact) mass is 412 g/mol. The Labute approximate surface area is 176 Å². The summed E-state index contributed by atoms with van der Waals surface area (Å²) in [5, 5.41) is 19.1. The predicted molar refractivity (Wildman–Crippen MR) is 113 cm³/mol. The minimum absolute atomic E-state index is 0.0225. The summed E-state index contributed by atoms with van der Waals surface area (Å²) in [5.41, 5.74) is 2.41. The maximum Gasteiger partial charge on any atom is 0.303 e. The van der Waals surface area contributed by atoms with Gasteiger partial charge in [-0.25, -0.2) is 0 Å². The van der Waals surface area contributed by atoms with Crippen LogP contribution in [0.25, 0.3) is 0 Å². The third-order valence-electron chi connectivity index (χ3n) is 4.87. The van der Waals surface area contributed by atoms with E-state index in [1.165, 1.54) is 6.92 Å². The van der Waals surface area contributed by atoms with Crippen LogP contribution < -0.4 is 4.74 Å². The lowest BCUT2D eigenvalue weighted by Crippen LogP contribution is -2.05. The van der Waals surface area contributed by atoms with Gasteiger partial charge in [0.1, 0.15) is 18.1 Å². The van der Waals surface area contributed by atoms with Crippen molar-refractivity contribution in [1.82, 2.24) is 0 Å². The number of carbonyl (C=O) groups is 3. The summed E-state index contributed by atoms with van der Waals surface area (Å²) in [6.45, 7) is 3.67. The number of hydrogen-bond acceptors (Lipinski definition) is 5. The van der Waals surface area contributed by atoms with Crippen LogP contribution in [0.5, 0.6) is 11.5 Å². The van der Waals surface area contributed by atoms with Crippen molar-refractivity contribution in [1.29, 1.82) is 0 Å². The highest BCUT2D eigenvalue weighted by molar-refractivity contribution is 5.97. The number of carboxylic acids is 1. The molecule has 0 saturated carbocycles. The molecule has 0 atom stereocenters. The van der Waals surface area contributed by atoms with Gasteiger partial charge in [0.2, 0.25) is 0 Å². The van der Waals surface area contributed by atoms with Crippen molar-refractivity contribution < 1.29 is 29.3 Å². The summed E-state index contributed by atoms with van der Waals surface area (Å²) >= 11 is 0. The minimum Gasteiger partial charge on any atom is -0.507 e. The van der Waals surface area contributed by atoms with E-state index in [1.54, 1.807) is 36.4 Å². The standard InChI is InChI=1S/C24H28O6/c1-3-6-21-18(11-14-20(16(2)25)24(21)29)15-30-19-12-9-17(10-13-19)22(26)7-4-5-8-23(27)28/h9-14,29H,3-8,15H2,1-2H3,(H,27,28). The van der Waals surface area contributed by atoms with Gasteiger partial charge in [0.05, 0.1) is 5.56 Å². The molecule has 2 N–H and O–H groups in total. The fourth-order valence-electron chi connectivity index (χ4n) is 3.23. The summed E-state index contributed by atoms with van der Waals surface area (Å²) in [6.07, 6.45) is 2.88. The van der Waals surface area contributed by atoms with E-state index in [1.807, 2.05) is 6.92 Å². The molecule has 0 radical (unpaired) electrons. The van der Waals surface area contributed by atoms with Crippen LogP contribution in [0, 0.1) is 0 Å². The Morgan fingerprint density at radius 3 is 2.23 bits per heavy atom. The smallest absolute Gasteiger partial charge is 0.303 e. The first-order valence-corrected chi connectivity index (χ1v) is 10.2. The summed E-state index contributed by atoms with van der Waals surface area (Å²) in [6, 6.07) is 10.2. The van der Waals surface area contributed by atoms with Gasteiger partial charge in [0, 0.05) is 24.0 Å². The van der Waals surface area contributed by atoms with Crippen molar-refractivity contribution in [2.24, 2.45) is 0 Å². The Morgan fingerprint density at radius 2 is 1.63 bits per heavy atom. The van der Waals surface area contributed by atoms with E-state index in [4.69, 9.17) is 9.84 Å². The molecule has 0 bridgehead atoms. The summed E-state index contributed by atoms with van der Waals surface area (Å²) in [4.78, 5) is 34.4. The van der Waals surface area contributed by atoms with Gasteiger partial charge in [-0.15, -0.1) is 0 Å². The summed E-state index contributed by atoms with van der Waals surface area (Å²) in [7, 11) is 0. The van der Waals surface area contributed by atoms with Crippen LogP contribution >= 0.6 is 0 Å². The fraction of sp³-hybridized carbons (Fsp3) is 0.375. The van der Waals surface area contributed by atoms with E-state index in [0.29, 0.717) is 42.6 Å². The lowest BCUT2D eigenvalue weighted by atomic mass is 9.97. The molecule has 0 aliphatic carbocycles. The van der Waals surface area contributed by atoms with Gasteiger partial charge < -0.3 is 14.9 Å². The molecule has 2 aromatic carbocycles. The van der Waals surface area contributed by atoms with E-state index >= 15 is 0 Å². The molecule has 2 aromatic rings. The minimum atomic E-state index is -0.852. The van der Waals surface area contributed by atoms with Gasteiger partial charge in [-0.3, -0.25) is 14.4 Å². The molecule has 0 fully saturated rings. The quantitative estimate of drug-likeness (QED) is 0.378. The number of carboxylic acid groups (broad SMARTS) is 1. The predicted octanol–water partition coefficient (Wildman–Crippen LogP) is 4.95. The zero-order chi connectivity index (χ0) is 22.1. The molecular formula is C24H28O6. The van der Waals surface area contributed by atoms with Crippen LogP contribution in [-0.2, 0) is 17.8 Å². The first kappa shape index (κ1) is 23.1. The lowest BCUT2D eigenvalue weighted by Gasteiger charge is -2.14.